The summed E-state index contributed by atoms with van der Waals surface area (Å²) >= 11 is 0. The minimum absolute atomic E-state index is 0.143. The molecular weight excluding hydrogens is 412 g/mol. The number of piperazine rings is 1. The summed E-state index contributed by atoms with van der Waals surface area (Å²) in [5.41, 5.74) is 4.11. The number of anilines is 1. The number of aryl methyl sites for hydroxylation is 1. The van der Waals surface area contributed by atoms with E-state index in [1.807, 2.05) is 0 Å². The van der Waals surface area contributed by atoms with Crippen molar-refractivity contribution in [1.82, 2.24) is 19.4 Å². The van der Waals surface area contributed by atoms with Crippen LogP contribution in [0.1, 0.15) is 62.4 Å². The fraction of sp³-hybridized carbons (Fsp3) is 0.462. The molecular formula is C26H30N6O. The van der Waals surface area contributed by atoms with Gasteiger partial charge in [0.25, 0.3) is 0 Å². The normalized spacial score (nSPS) is 22.3. The van der Waals surface area contributed by atoms with Gasteiger partial charge in [-0.25, -0.2) is 9.78 Å². The van der Waals surface area contributed by atoms with Gasteiger partial charge in [0.1, 0.15) is 17.3 Å². The van der Waals surface area contributed by atoms with Gasteiger partial charge >= 0.3 is 5.69 Å². The predicted molar refractivity (Wildman–Crippen MR) is 129 cm³/mol. The number of pyridine rings is 1. The number of benzene rings is 1. The molecule has 2 aliphatic rings. The molecule has 7 nitrogen and oxygen atoms in total. The fourth-order valence-electron chi connectivity index (χ4n) is 5.11. The highest BCUT2D eigenvalue weighted by Crippen LogP contribution is 2.40. The van der Waals surface area contributed by atoms with Gasteiger partial charge in [0.05, 0.1) is 5.52 Å². The second-order valence-electron chi connectivity index (χ2n) is 9.62. The first-order chi connectivity index (χ1) is 15.9. The number of rotatable bonds is 4. The van der Waals surface area contributed by atoms with Crippen molar-refractivity contribution in [1.29, 1.82) is 5.26 Å². The van der Waals surface area contributed by atoms with Gasteiger partial charge in [-0.1, -0.05) is 24.3 Å². The molecule has 1 aliphatic heterocycles. The van der Waals surface area contributed by atoms with Crippen molar-refractivity contribution in [3.63, 3.8) is 0 Å². The van der Waals surface area contributed by atoms with Crippen LogP contribution in [0, 0.1) is 11.3 Å². The van der Waals surface area contributed by atoms with Crippen LogP contribution in [0.5, 0.6) is 0 Å². The van der Waals surface area contributed by atoms with Gasteiger partial charge in [0.15, 0.2) is 5.82 Å². The summed E-state index contributed by atoms with van der Waals surface area (Å²) in [6, 6.07) is 15.4. The van der Waals surface area contributed by atoms with E-state index in [9.17, 15) is 10.1 Å². The lowest BCUT2D eigenvalue weighted by atomic mass is 9.99. The molecule has 1 saturated heterocycles. The van der Waals surface area contributed by atoms with Crippen molar-refractivity contribution in [2.75, 3.05) is 18.0 Å². The van der Waals surface area contributed by atoms with Crippen LogP contribution >= 0.6 is 0 Å². The molecule has 3 heterocycles. The molecule has 1 aliphatic carbocycles. The van der Waals surface area contributed by atoms with Crippen LogP contribution in [0.25, 0.3) is 11.0 Å². The standard InChI is InChI=1S/C26H30N6O/c1-16-15-32(25-24-23(30(4)26(33)29-25)12-11-22(13-27)28-24)17(2)14-31(16)18(3)19-5-7-20(8-6-19)21-9-10-21/h5-8,11-12,16-18,21H,9-10,14-15H2,1-4H3/t16-,17+,18?/m1/s1. The Labute approximate surface area is 194 Å². The van der Waals surface area contributed by atoms with E-state index in [2.05, 4.69) is 70.9 Å². The molecule has 0 amide bonds. The summed E-state index contributed by atoms with van der Waals surface area (Å²) in [5, 5.41) is 9.35. The number of hydrogen-bond donors (Lipinski definition) is 0. The molecule has 0 bridgehead atoms. The van der Waals surface area contributed by atoms with Gasteiger partial charge in [0, 0.05) is 38.3 Å². The van der Waals surface area contributed by atoms with Crippen LogP contribution in [0.4, 0.5) is 5.82 Å². The molecule has 2 aromatic heterocycles. The van der Waals surface area contributed by atoms with Crippen molar-refractivity contribution >= 4 is 16.9 Å². The molecule has 33 heavy (non-hydrogen) atoms. The largest absolute Gasteiger partial charge is 0.349 e. The van der Waals surface area contributed by atoms with Crippen LogP contribution in [0.3, 0.4) is 0 Å². The summed E-state index contributed by atoms with van der Waals surface area (Å²) in [6.07, 6.45) is 2.64. The summed E-state index contributed by atoms with van der Waals surface area (Å²) in [7, 11) is 1.69. The average molecular weight is 443 g/mol. The van der Waals surface area contributed by atoms with Crippen molar-refractivity contribution in [3.05, 3.63) is 63.7 Å². The molecule has 3 aromatic rings. The highest BCUT2D eigenvalue weighted by atomic mass is 16.1. The van der Waals surface area contributed by atoms with E-state index < -0.39 is 0 Å². The number of nitriles is 1. The minimum Gasteiger partial charge on any atom is -0.349 e. The second-order valence-corrected chi connectivity index (χ2v) is 9.62. The molecule has 5 rings (SSSR count). The Morgan fingerprint density at radius 2 is 1.76 bits per heavy atom. The Bertz CT molecular complexity index is 1290. The van der Waals surface area contributed by atoms with Crippen molar-refractivity contribution in [2.45, 2.75) is 57.7 Å². The molecule has 3 atom stereocenters. The lowest BCUT2D eigenvalue weighted by molar-refractivity contribution is 0.119. The molecule has 2 fully saturated rings. The van der Waals surface area contributed by atoms with Crippen LogP contribution < -0.4 is 10.6 Å². The molecule has 0 N–H and O–H groups in total. The summed E-state index contributed by atoms with van der Waals surface area (Å²) in [4.78, 5) is 26.2. The summed E-state index contributed by atoms with van der Waals surface area (Å²) < 4.78 is 1.49. The smallest absolute Gasteiger partial charge is 0.349 e. The molecule has 7 heteroatoms. The van der Waals surface area contributed by atoms with E-state index in [-0.39, 0.29) is 17.8 Å². The molecule has 1 unspecified atom stereocenters. The van der Waals surface area contributed by atoms with Crippen LogP contribution in [-0.2, 0) is 7.05 Å². The van der Waals surface area contributed by atoms with Gasteiger partial charge < -0.3 is 4.90 Å². The maximum Gasteiger partial charge on any atom is 0.349 e. The monoisotopic (exact) mass is 442 g/mol. The zero-order valence-electron chi connectivity index (χ0n) is 19.7. The van der Waals surface area contributed by atoms with Gasteiger partial charge in [-0.05, 0) is 62.8 Å². The first kappa shape index (κ1) is 21.6. The van der Waals surface area contributed by atoms with E-state index in [1.165, 1.54) is 28.5 Å². The van der Waals surface area contributed by atoms with E-state index in [1.54, 1.807) is 19.2 Å². The number of hydrogen-bond acceptors (Lipinski definition) is 6. The van der Waals surface area contributed by atoms with E-state index in [4.69, 9.17) is 0 Å². The van der Waals surface area contributed by atoms with E-state index in [0.717, 1.165) is 19.0 Å². The maximum absolute atomic E-state index is 12.6. The number of aromatic nitrogens is 3. The molecule has 170 valence electrons. The van der Waals surface area contributed by atoms with Crippen LogP contribution in [0.15, 0.2) is 41.2 Å². The minimum atomic E-state index is -0.310. The van der Waals surface area contributed by atoms with Gasteiger partial charge in [0.2, 0.25) is 0 Å². The highest BCUT2D eigenvalue weighted by molar-refractivity contribution is 5.86. The Balaban J connectivity index is 1.44. The predicted octanol–water partition coefficient (Wildman–Crippen LogP) is 3.74. The maximum atomic E-state index is 12.6. The first-order valence-corrected chi connectivity index (χ1v) is 11.8. The second kappa shape index (κ2) is 8.27. The van der Waals surface area contributed by atoms with E-state index in [0.29, 0.717) is 28.6 Å². The fourth-order valence-corrected chi connectivity index (χ4v) is 5.11. The summed E-state index contributed by atoms with van der Waals surface area (Å²) in [6.45, 7) is 8.26. The lowest BCUT2D eigenvalue weighted by Crippen LogP contribution is -2.57. The SMILES string of the molecule is CC(c1ccc(C2CC2)cc1)N1C[C@H](C)N(c2nc(=O)n(C)c3ccc(C#N)nc23)C[C@H]1C. The number of fused-ring (bicyclic) bond motifs is 1. The third kappa shape index (κ3) is 3.89. The molecule has 1 aromatic carbocycles. The van der Waals surface area contributed by atoms with Crippen LogP contribution in [-0.4, -0.2) is 44.6 Å². The average Bonchev–Trinajstić information content (AvgIpc) is 3.67. The van der Waals surface area contributed by atoms with E-state index >= 15 is 0 Å². The van der Waals surface area contributed by atoms with Crippen molar-refractivity contribution in [3.8, 4) is 6.07 Å². The van der Waals surface area contributed by atoms with Crippen molar-refractivity contribution in [2.24, 2.45) is 7.05 Å². The lowest BCUT2D eigenvalue weighted by Gasteiger charge is -2.47. The molecule has 0 spiro atoms. The molecule has 1 saturated carbocycles. The van der Waals surface area contributed by atoms with Crippen LogP contribution in [0.2, 0.25) is 0 Å². The first-order valence-electron chi connectivity index (χ1n) is 11.8. The van der Waals surface area contributed by atoms with Gasteiger partial charge in [-0.2, -0.15) is 10.2 Å². The molecule has 0 radical (unpaired) electrons. The Hall–Kier alpha value is -3.24. The Morgan fingerprint density at radius 3 is 2.42 bits per heavy atom. The van der Waals surface area contributed by atoms with Crippen molar-refractivity contribution < 1.29 is 0 Å². The quantitative estimate of drug-likeness (QED) is 0.613. The Morgan fingerprint density at radius 1 is 1.03 bits per heavy atom. The topological polar surface area (TPSA) is 78.0 Å². The third-order valence-electron chi connectivity index (χ3n) is 7.32. The highest BCUT2D eigenvalue weighted by Gasteiger charge is 2.34. The van der Waals surface area contributed by atoms with Gasteiger partial charge in [-0.15, -0.1) is 0 Å². The zero-order chi connectivity index (χ0) is 23.3. The number of nitrogens with zero attached hydrogens (tertiary/aromatic N) is 6. The zero-order valence-corrected chi connectivity index (χ0v) is 19.7. The third-order valence-corrected chi connectivity index (χ3v) is 7.32. The Kier molecular flexibility index (Phi) is 5.41. The summed E-state index contributed by atoms with van der Waals surface area (Å²) in [5.74, 6) is 1.35. The van der Waals surface area contributed by atoms with Gasteiger partial charge in [-0.3, -0.25) is 9.47 Å².